The van der Waals surface area contributed by atoms with Crippen molar-refractivity contribution in [3.63, 3.8) is 0 Å². The van der Waals surface area contributed by atoms with Crippen LogP contribution < -0.4 is 5.32 Å². The van der Waals surface area contributed by atoms with Gasteiger partial charge in [-0.25, -0.2) is 0 Å². The van der Waals surface area contributed by atoms with Crippen molar-refractivity contribution in [2.24, 2.45) is 5.41 Å². The summed E-state index contributed by atoms with van der Waals surface area (Å²) in [5, 5.41) is 11.8. The lowest BCUT2D eigenvalue weighted by Crippen LogP contribution is -2.53. The highest BCUT2D eigenvalue weighted by atomic mass is 32.2. The van der Waals surface area contributed by atoms with Crippen LogP contribution in [0, 0.1) is 5.41 Å². The summed E-state index contributed by atoms with van der Waals surface area (Å²) in [5.41, 5.74) is -1.14. The fraction of sp³-hybridized carbons (Fsp3) is 0.818. The Morgan fingerprint density at radius 3 is 2.31 bits per heavy atom. The third-order valence-corrected chi connectivity index (χ3v) is 4.53. The molecule has 1 aliphatic rings. The maximum Gasteiger partial charge on any atom is 0.319 e. The van der Waals surface area contributed by atoms with Crippen molar-refractivity contribution < 1.29 is 14.7 Å². The normalized spacial score (nSPS) is 18.7. The fourth-order valence-corrected chi connectivity index (χ4v) is 1.82. The van der Waals surface area contributed by atoms with Gasteiger partial charge in [-0.2, -0.15) is 11.8 Å². The summed E-state index contributed by atoms with van der Waals surface area (Å²) in [5.74, 6) is -1.31. The Morgan fingerprint density at radius 2 is 2.00 bits per heavy atom. The predicted octanol–water partition coefficient (Wildman–Crippen LogP) is 1.50. The zero-order valence-corrected chi connectivity index (χ0v) is 10.8. The van der Waals surface area contributed by atoms with Gasteiger partial charge in [-0.15, -0.1) is 0 Å². The molecule has 5 heteroatoms. The largest absolute Gasteiger partial charge is 0.480 e. The van der Waals surface area contributed by atoms with Crippen molar-refractivity contribution in [3.05, 3.63) is 0 Å². The quantitative estimate of drug-likeness (QED) is 0.720. The van der Waals surface area contributed by atoms with Crippen molar-refractivity contribution >= 4 is 23.6 Å². The van der Waals surface area contributed by atoms with E-state index in [0.717, 1.165) is 6.42 Å². The molecular weight excluding hydrogens is 226 g/mol. The lowest BCUT2D eigenvalue weighted by atomic mass is 9.68. The molecule has 4 nitrogen and oxygen atoms in total. The van der Waals surface area contributed by atoms with Gasteiger partial charge in [0.25, 0.3) is 0 Å². The van der Waals surface area contributed by atoms with Crippen LogP contribution in [0.3, 0.4) is 0 Å². The second-order valence-corrected chi connectivity index (χ2v) is 6.40. The van der Waals surface area contributed by atoms with Crippen molar-refractivity contribution in [1.82, 2.24) is 5.32 Å². The van der Waals surface area contributed by atoms with E-state index in [2.05, 4.69) is 5.32 Å². The van der Waals surface area contributed by atoms with E-state index in [9.17, 15) is 9.59 Å². The van der Waals surface area contributed by atoms with Gasteiger partial charge in [0.05, 0.1) is 0 Å². The molecule has 16 heavy (non-hydrogen) atoms. The number of carbonyl (C=O) groups excluding carboxylic acids is 1. The molecule has 0 aliphatic heterocycles. The average molecular weight is 245 g/mol. The molecule has 0 saturated heterocycles. The first kappa shape index (κ1) is 13.4. The second kappa shape index (κ2) is 4.65. The molecule has 0 aromatic carbocycles. The van der Waals surface area contributed by atoms with Gasteiger partial charge in [0.2, 0.25) is 5.91 Å². The molecular formula is C11H19NO3S. The van der Waals surface area contributed by atoms with Crippen LogP contribution in [0.4, 0.5) is 0 Å². The third-order valence-electron chi connectivity index (χ3n) is 3.28. The molecule has 92 valence electrons. The number of carbonyl (C=O) groups is 2. The minimum Gasteiger partial charge on any atom is -0.480 e. The molecule has 1 saturated carbocycles. The van der Waals surface area contributed by atoms with Gasteiger partial charge in [0.1, 0.15) is 5.41 Å². The minimum absolute atomic E-state index is 0.0564. The first-order chi connectivity index (χ1) is 7.34. The van der Waals surface area contributed by atoms with E-state index in [0.29, 0.717) is 19.4 Å². The Balaban J connectivity index is 2.55. The highest BCUT2D eigenvalue weighted by molar-refractivity contribution is 7.99. The number of carboxylic acid groups (broad SMARTS) is 1. The van der Waals surface area contributed by atoms with Gasteiger partial charge in [-0.1, -0.05) is 6.42 Å². The molecule has 2 N–H and O–H groups in total. The van der Waals surface area contributed by atoms with Gasteiger partial charge in [-0.05, 0) is 32.9 Å². The fourth-order valence-electron chi connectivity index (χ4n) is 1.60. The Morgan fingerprint density at radius 1 is 1.44 bits per heavy atom. The topological polar surface area (TPSA) is 66.4 Å². The zero-order chi connectivity index (χ0) is 12.4. The van der Waals surface area contributed by atoms with Gasteiger partial charge in [0.15, 0.2) is 0 Å². The van der Waals surface area contributed by atoms with Crippen molar-refractivity contribution in [2.45, 2.75) is 37.9 Å². The Bertz CT molecular complexity index is 298. The highest BCUT2D eigenvalue weighted by Gasteiger charge is 2.51. The molecule has 1 fully saturated rings. The summed E-state index contributed by atoms with van der Waals surface area (Å²) in [6, 6.07) is 0. The van der Waals surface area contributed by atoms with Crippen molar-refractivity contribution in [2.75, 3.05) is 12.8 Å². The van der Waals surface area contributed by atoms with Crippen LogP contribution >= 0.6 is 11.8 Å². The first-order valence-electron chi connectivity index (χ1n) is 5.41. The van der Waals surface area contributed by atoms with Crippen molar-refractivity contribution in [3.8, 4) is 0 Å². The van der Waals surface area contributed by atoms with E-state index in [4.69, 9.17) is 5.11 Å². The summed E-state index contributed by atoms with van der Waals surface area (Å²) in [4.78, 5) is 22.9. The van der Waals surface area contributed by atoms with Gasteiger partial charge < -0.3 is 10.4 Å². The zero-order valence-electron chi connectivity index (χ0n) is 10.0. The molecule has 0 unspecified atom stereocenters. The maximum absolute atomic E-state index is 11.9. The number of thioether (sulfide) groups is 1. The molecule has 1 aliphatic carbocycles. The van der Waals surface area contributed by atoms with Crippen molar-refractivity contribution in [1.29, 1.82) is 0 Å². The number of amides is 1. The summed E-state index contributed by atoms with van der Waals surface area (Å²) in [6.07, 6.45) is 3.73. The van der Waals surface area contributed by atoms with Crippen LogP contribution in [0.2, 0.25) is 0 Å². The first-order valence-corrected chi connectivity index (χ1v) is 6.63. The standard InChI is InChI=1S/C11H19NO3S/c1-10(2,16-3)7-12-8(13)11(9(14)15)5-4-6-11/h4-7H2,1-3H3,(H,12,13)(H,14,15). The lowest BCUT2D eigenvalue weighted by molar-refractivity contribution is -0.162. The number of hydrogen-bond acceptors (Lipinski definition) is 3. The summed E-state index contributed by atoms with van der Waals surface area (Å²) in [6.45, 7) is 4.54. The molecule has 0 heterocycles. The Labute approximate surface area is 100 Å². The van der Waals surface area contributed by atoms with Gasteiger partial charge >= 0.3 is 5.97 Å². The summed E-state index contributed by atoms with van der Waals surface area (Å²) >= 11 is 1.65. The minimum atomic E-state index is -1.14. The third kappa shape index (κ3) is 2.51. The van der Waals surface area contributed by atoms with Crippen LogP contribution in [0.15, 0.2) is 0 Å². The van der Waals surface area contributed by atoms with E-state index in [1.807, 2.05) is 20.1 Å². The lowest BCUT2D eigenvalue weighted by Gasteiger charge is -2.36. The number of nitrogens with one attached hydrogen (secondary N) is 1. The predicted molar refractivity (Wildman–Crippen MR) is 64.5 cm³/mol. The summed E-state index contributed by atoms with van der Waals surface area (Å²) < 4.78 is -0.0564. The SMILES string of the molecule is CSC(C)(C)CNC(=O)C1(C(=O)O)CCC1. The molecule has 0 bridgehead atoms. The van der Waals surface area contributed by atoms with E-state index < -0.39 is 11.4 Å². The van der Waals surface area contributed by atoms with E-state index in [1.165, 1.54) is 0 Å². The second-order valence-electron chi connectivity index (χ2n) is 4.89. The number of rotatable bonds is 5. The Hall–Kier alpha value is -0.710. The van der Waals surface area contributed by atoms with Crippen LogP contribution in [0.5, 0.6) is 0 Å². The van der Waals surface area contributed by atoms with E-state index in [-0.39, 0.29) is 10.7 Å². The highest BCUT2D eigenvalue weighted by Crippen LogP contribution is 2.41. The van der Waals surface area contributed by atoms with Gasteiger partial charge in [-0.3, -0.25) is 9.59 Å². The molecule has 0 aromatic rings. The monoisotopic (exact) mass is 245 g/mol. The summed E-state index contributed by atoms with van der Waals surface area (Å²) in [7, 11) is 0. The number of carboxylic acids is 1. The maximum atomic E-state index is 11.9. The molecule has 0 atom stereocenters. The Kier molecular flexibility index (Phi) is 3.88. The van der Waals surface area contributed by atoms with E-state index in [1.54, 1.807) is 11.8 Å². The molecule has 1 rings (SSSR count). The molecule has 0 aromatic heterocycles. The van der Waals surface area contributed by atoms with Crippen LogP contribution in [0.25, 0.3) is 0 Å². The van der Waals surface area contributed by atoms with E-state index >= 15 is 0 Å². The van der Waals surface area contributed by atoms with Gasteiger partial charge in [0, 0.05) is 11.3 Å². The molecule has 0 radical (unpaired) electrons. The van der Waals surface area contributed by atoms with Crippen LogP contribution in [-0.4, -0.2) is 34.5 Å². The average Bonchev–Trinajstić information content (AvgIpc) is 2.12. The van der Waals surface area contributed by atoms with Crippen LogP contribution in [-0.2, 0) is 9.59 Å². The molecule has 1 amide bonds. The number of hydrogen-bond donors (Lipinski definition) is 2. The smallest absolute Gasteiger partial charge is 0.319 e. The molecule has 0 spiro atoms. The number of aliphatic carboxylic acids is 1. The van der Waals surface area contributed by atoms with Crippen LogP contribution in [0.1, 0.15) is 33.1 Å².